The molecule has 0 saturated carbocycles. The number of hydrogen-bond acceptors (Lipinski definition) is 3. The fourth-order valence-electron chi connectivity index (χ4n) is 6.95. The zero-order chi connectivity index (χ0) is 43.2. The van der Waals surface area contributed by atoms with Gasteiger partial charge in [0.05, 0.1) is 11.4 Å². The standard InChI is InChI=1S/C36H28OP2.C15H13N3.BF4.Cu/c1-5-17-29(18-6-1)38(30-19-7-2-8-20-30)35-27-15-13-25-33(35)37-34-26-14-16-28-36(34)39(31-21-9-3-10-22-31)32-23-11-4-12-24-32;1-12-6-2-3-8-15(12)18-11-9-14(17-18)13-7-4-5-10-16-13;2-1(3,4)5;/h1-28H;2-11H,1H3;;/q;;-1;+1/p+2. The summed E-state index contributed by atoms with van der Waals surface area (Å²) in [5.41, 5.74) is 4.08. The molecule has 2 heterocycles. The van der Waals surface area contributed by atoms with Crippen molar-refractivity contribution in [2.24, 2.45) is 0 Å². The number of para-hydroxylation sites is 3. The summed E-state index contributed by atoms with van der Waals surface area (Å²) in [5.74, 6) is 1.85. The molecule has 63 heavy (non-hydrogen) atoms. The number of aromatic nitrogens is 3. The van der Waals surface area contributed by atoms with Crippen molar-refractivity contribution in [2.75, 3.05) is 0 Å². The number of halogens is 4. The van der Waals surface area contributed by atoms with E-state index in [0.717, 1.165) is 28.6 Å². The Morgan fingerprint density at radius 2 is 0.825 bits per heavy atom. The summed E-state index contributed by atoms with van der Waals surface area (Å²) >= 11 is 0. The van der Waals surface area contributed by atoms with Crippen LogP contribution in [0.3, 0.4) is 0 Å². The van der Waals surface area contributed by atoms with Crippen molar-refractivity contribution in [3.05, 3.63) is 236 Å². The molecule has 0 aliphatic rings. The molecule has 0 aliphatic carbocycles. The minimum absolute atomic E-state index is 0. The van der Waals surface area contributed by atoms with Crippen LogP contribution in [0.25, 0.3) is 17.1 Å². The third-order valence-electron chi connectivity index (χ3n) is 9.66. The van der Waals surface area contributed by atoms with Crippen LogP contribution < -0.4 is 36.6 Å². The number of hydrogen-bond donors (Lipinski definition) is 0. The zero-order valence-corrected chi connectivity index (χ0v) is 37.0. The van der Waals surface area contributed by atoms with E-state index in [0.29, 0.717) is 0 Å². The van der Waals surface area contributed by atoms with Crippen LogP contribution in [0.15, 0.2) is 231 Å². The number of aryl methyl sites for hydroxylation is 1. The Hall–Kier alpha value is -6.14. The van der Waals surface area contributed by atoms with Gasteiger partial charge in [0, 0.05) is 12.4 Å². The first-order valence-corrected chi connectivity index (χ1v) is 23.0. The maximum Gasteiger partial charge on any atom is 1.00 e. The van der Waals surface area contributed by atoms with Crippen molar-refractivity contribution in [3.63, 3.8) is 0 Å². The molecular formula is C51H43BCuF4N3OP2+2. The van der Waals surface area contributed by atoms with Gasteiger partial charge in [0.2, 0.25) is 0 Å². The van der Waals surface area contributed by atoms with Crippen LogP contribution in [-0.2, 0) is 17.1 Å². The normalized spacial score (nSPS) is 10.8. The van der Waals surface area contributed by atoms with E-state index < -0.39 is 23.1 Å². The van der Waals surface area contributed by atoms with Gasteiger partial charge >= 0.3 is 24.3 Å². The van der Waals surface area contributed by atoms with E-state index in [9.17, 15) is 17.3 Å². The molecule has 0 aliphatic heterocycles. The fraction of sp³-hybridized carbons (Fsp3) is 0.0196. The number of nitrogens with zero attached hydrogens (tertiary/aromatic N) is 3. The SMILES string of the molecule is Cc1ccccc1-n1ccc(-c2ccccn2)n1.F[B-](F)(F)F.[Cu+].c1ccc([PH+](c2ccccc2)c2ccccc2Oc2ccccc2[PH+](c2ccccc2)c2ccccc2)cc1. The minimum atomic E-state index is -6.00. The molecular weight excluding hydrogens is 883 g/mol. The van der Waals surface area contributed by atoms with Crippen LogP contribution >= 0.6 is 15.8 Å². The number of pyridine rings is 1. The van der Waals surface area contributed by atoms with Crippen molar-refractivity contribution in [1.29, 1.82) is 0 Å². The summed E-state index contributed by atoms with van der Waals surface area (Å²) in [4.78, 5) is 4.30. The molecule has 12 heteroatoms. The van der Waals surface area contributed by atoms with Gasteiger partial charge in [-0.25, -0.2) is 4.68 Å². The van der Waals surface area contributed by atoms with Crippen LogP contribution in [0.2, 0.25) is 0 Å². The van der Waals surface area contributed by atoms with Gasteiger partial charge in [-0.15, -0.1) is 0 Å². The molecule has 0 spiro atoms. The van der Waals surface area contributed by atoms with E-state index in [2.05, 4.69) is 199 Å². The van der Waals surface area contributed by atoms with Gasteiger partial charge in [0.15, 0.2) is 11.5 Å². The maximum absolute atomic E-state index is 9.75. The van der Waals surface area contributed by atoms with Crippen molar-refractivity contribution in [1.82, 2.24) is 14.8 Å². The van der Waals surface area contributed by atoms with Crippen molar-refractivity contribution < 1.29 is 39.1 Å². The first-order valence-electron chi connectivity index (χ1n) is 20.0. The Balaban J connectivity index is 0.000000228. The summed E-state index contributed by atoms with van der Waals surface area (Å²) in [6.45, 7) is 2.08. The van der Waals surface area contributed by atoms with E-state index in [1.54, 1.807) is 6.20 Å². The predicted molar refractivity (Wildman–Crippen MR) is 255 cm³/mol. The average Bonchev–Trinajstić information content (AvgIpc) is 3.80. The molecule has 318 valence electrons. The number of benzene rings is 7. The van der Waals surface area contributed by atoms with Gasteiger partial charge in [0.25, 0.3) is 0 Å². The summed E-state index contributed by atoms with van der Waals surface area (Å²) in [6.07, 6.45) is 3.74. The van der Waals surface area contributed by atoms with Crippen LogP contribution in [-0.4, -0.2) is 22.0 Å². The molecule has 2 aromatic heterocycles. The first-order chi connectivity index (χ1) is 30.2. The quantitative estimate of drug-likeness (QED) is 0.0779. The summed E-state index contributed by atoms with van der Waals surface area (Å²) in [5, 5.41) is 12.4. The Labute approximate surface area is 378 Å². The van der Waals surface area contributed by atoms with Crippen molar-refractivity contribution in [2.45, 2.75) is 6.92 Å². The second kappa shape index (κ2) is 22.8. The smallest absolute Gasteiger partial charge is 0.449 e. The summed E-state index contributed by atoms with van der Waals surface area (Å²) in [7, 11) is -8.56. The summed E-state index contributed by atoms with van der Waals surface area (Å²) < 4.78 is 47.8. The third-order valence-corrected chi connectivity index (χ3v) is 15.2. The number of rotatable bonds is 10. The average molecular weight is 926 g/mol. The Morgan fingerprint density at radius 3 is 1.24 bits per heavy atom. The fourth-order valence-corrected chi connectivity index (χ4v) is 12.2. The van der Waals surface area contributed by atoms with Gasteiger partial charge in [-0.05, 0) is 110 Å². The molecule has 0 atom stereocenters. The monoisotopic (exact) mass is 925 g/mol. The largest absolute Gasteiger partial charge is 1.00 e. The van der Waals surface area contributed by atoms with Crippen molar-refractivity contribution in [3.8, 4) is 28.6 Å². The third kappa shape index (κ3) is 13.0. The van der Waals surface area contributed by atoms with Crippen LogP contribution in [0, 0.1) is 6.92 Å². The molecule has 7 aromatic carbocycles. The van der Waals surface area contributed by atoms with Crippen molar-refractivity contribution >= 4 is 54.9 Å². The number of ether oxygens (including phenoxy) is 1. The molecule has 0 bridgehead atoms. The molecule has 0 radical (unpaired) electrons. The van der Waals surface area contributed by atoms with E-state index in [4.69, 9.17) is 4.74 Å². The van der Waals surface area contributed by atoms with Gasteiger partial charge in [-0.2, -0.15) is 5.10 Å². The zero-order valence-electron chi connectivity index (χ0n) is 34.1. The Kier molecular flexibility index (Phi) is 16.8. The van der Waals surface area contributed by atoms with Crippen LogP contribution in [0.1, 0.15) is 5.56 Å². The molecule has 0 amide bonds. The van der Waals surface area contributed by atoms with Gasteiger partial charge in [0.1, 0.15) is 53.4 Å². The molecule has 0 N–H and O–H groups in total. The van der Waals surface area contributed by atoms with Crippen LogP contribution in [0.4, 0.5) is 17.3 Å². The second-order valence-electron chi connectivity index (χ2n) is 14.0. The first kappa shape index (κ1) is 46.4. The summed E-state index contributed by atoms with van der Waals surface area (Å²) in [6, 6.07) is 76.6. The molecule has 9 aromatic rings. The van der Waals surface area contributed by atoms with Gasteiger partial charge in [-0.1, -0.05) is 121 Å². The van der Waals surface area contributed by atoms with Gasteiger partial charge in [-0.3, -0.25) is 4.98 Å². The maximum atomic E-state index is 9.75. The molecule has 0 fully saturated rings. The van der Waals surface area contributed by atoms with E-state index in [1.165, 1.54) is 37.4 Å². The minimum Gasteiger partial charge on any atom is -0.449 e. The predicted octanol–water partition coefficient (Wildman–Crippen LogP) is 11.0. The van der Waals surface area contributed by atoms with Crippen LogP contribution in [0.5, 0.6) is 11.5 Å². The van der Waals surface area contributed by atoms with E-state index in [1.807, 2.05) is 47.3 Å². The second-order valence-corrected chi connectivity index (χ2v) is 18.8. The molecule has 0 saturated heterocycles. The van der Waals surface area contributed by atoms with E-state index >= 15 is 0 Å². The Bertz CT molecular complexity index is 2540. The topological polar surface area (TPSA) is 39.9 Å². The van der Waals surface area contributed by atoms with E-state index in [-0.39, 0.29) is 17.1 Å². The Morgan fingerprint density at radius 1 is 0.444 bits per heavy atom. The molecule has 0 unspecified atom stereocenters. The molecule has 4 nitrogen and oxygen atoms in total. The van der Waals surface area contributed by atoms with Gasteiger partial charge < -0.3 is 22.0 Å². The molecule has 9 rings (SSSR count).